The predicted molar refractivity (Wildman–Crippen MR) is 41.2 cm³/mol. The lowest BCUT2D eigenvalue weighted by molar-refractivity contribution is -0.137. The standard InChI is InChI=1S/C8H5F4NO/c9-6-2-5(8(10,11)12)7(13)1-4(6)3-14/h1-3H,13H2. The number of carbonyl (C=O) groups is 1. The van der Waals surface area contributed by atoms with Crippen LogP contribution in [0.2, 0.25) is 0 Å². The summed E-state index contributed by atoms with van der Waals surface area (Å²) in [6.07, 6.45) is -4.61. The fourth-order valence-electron chi connectivity index (χ4n) is 0.943. The van der Waals surface area contributed by atoms with E-state index in [4.69, 9.17) is 5.73 Å². The van der Waals surface area contributed by atoms with Gasteiger partial charge in [0.2, 0.25) is 0 Å². The Labute approximate surface area is 76.3 Å². The Morgan fingerprint density at radius 2 is 1.86 bits per heavy atom. The Morgan fingerprint density at radius 1 is 1.29 bits per heavy atom. The van der Waals surface area contributed by atoms with Gasteiger partial charge in [-0.2, -0.15) is 13.2 Å². The average molecular weight is 207 g/mol. The van der Waals surface area contributed by atoms with Crippen molar-refractivity contribution in [2.24, 2.45) is 0 Å². The summed E-state index contributed by atoms with van der Waals surface area (Å²) in [6.45, 7) is 0. The van der Waals surface area contributed by atoms with Gasteiger partial charge in [-0.25, -0.2) is 4.39 Å². The molecule has 1 rings (SSSR count). The summed E-state index contributed by atoms with van der Waals surface area (Å²) in [5, 5.41) is 0. The number of nitrogen functional groups attached to an aromatic ring is 1. The molecule has 6 heteroatoms. The minimum Gasteiger partial charge on any atom is -0.398 e. The van der Waals surface area contributed by atoms with Gasteiger partial charge in [0.1, 0.15) is 5.82 Å². The van der Waals surface area contributed by atoms with E-state index in [1.165, 1.54) is 0 Å². The van der Waals surface area contributed by atoms with Crippen molar-refractivity contribution >= 4 is 12.0 Å². The molecule has 0 aliphatic carbocycles. The third kappa shape index (κ3) is 1.84. The number of nitrogens with two attached hydrogens (primary N) is 1. The molecule has 0 heterocycles. The zero-order valence-corrected chi connectivity index (χ0v) is 6.73. The van der Waals surface area contributed by atoms with Crippen LogP contribution in [0, 0.1) is 5.82 Å². The second-order valence-electron chi connectivity index (χ2n) is 2.58. The van der Waals surface area contributed by atoms with Gasteiger partial charge < -0.3 is 5.73 Å². The number of anilines is 1. The monoisotopic (exact) mass is 207 g/mol. The molecule has 0 atom stereocenters. The van der Waals surface area contributed by atoms with E-state index >= 15 is 0 Å². The lowest BCUT2D eigenvalue weighted by Crippen LogP contribution is -2.10. The molecule has 1 aromatic carbocycles. The van der Waals surface area contributed by atoms with Crippen LogP contribution in [0.5, 0.6) is 0 Å². The van der Waals surface area contributed by atoms with Gasteiger partial charge in [-0.15, -0.1) is 0 Å². The van der Waals surface area contributed by atoms with Gasteiger partial charge >= 0.3 is 6.18 Å². The van der Waals surface area contributed by atoms with E-state index in [2.05, 4.69) is 0 Å². The normalized spacial score (nSPS) is 11.4. The third-order valence-electron chi connectivity index (χ3n) is 1.60. The molecule has 0 amide bonds. The van der Waals surface area contributed by atoms with Crippen LogP contribution in [0.3, 0.4) is 0 Å². The smallest absolute Gasteiger partial charge is 0.398 e. The summed E-state index contributed by atoms with van der Waals surface area (Å²) in [5.74, 6) is -1.23. The summed E-state index contributed by atoms with van der Waals surface area (Å²) in [5.41, 5.74) is 2.57. The van der Waals surface area contributed by atoms with Crippen molar-refractivity contribution in [2.75, 3.05) is 5.73 Å². The van der Waals surface area contributed by atoms with E-state index in [1.54, 1.807) is 0 Å². The van der Waals surface area contributed by atoms with Gasteiger partial charge in [0.05, 0.1) is 11.1 Å². The lowest BCUT2D eigenvalue weighted by atomic mass is 10.1. The molecular weight excluding hydrogens is 202 g/mol. The molecular formula is C8H5F4NO. The van der Waals surface area contributed by atoms with Crippen molar-refractivity contribution in [3.8, 4) is 0 Å². The summed E-state index contributed by atoms with van der Waals surface area (Å²) in [7, 11) is 0. The van der Waals surface area contributed by atoms with E-state index < -0.39 is 28.8 Å². The maximum absolute atomic E-state index is 12.8. The first-order valence-electron chi connectivity index (χ1n) is 3.47. The molecule has 0 unspecified atom stereocenters. The third-order valence-corrected chi connectivity index (χ3v) is 1.60. The molecule has 0 aliphatic rings. The number of aldehydes is 1. The first-order chi connectivity index (χ1) is 6.36. The van der Waals surface area contributed by atoms with Crippen molar-refractivity contribution in [2.45, 2.75) is 6.18 Å². The van der Waals surface area contributed by atoms with Crippen molar-refractivity contribution in [1.82, 2.24) is 0 Å². The first kappa shape index (κ1) is 10.5. The number of hydrogen-bond acceptors (Lipinski definition) is 2. The Kier molecular flexibility index (Phi) is 2.46. The van der Waals surface area contributed by atoms with E-state index in [0.29, 0.717) is 6.07 Å². The van der Waals surface area contributed by atoms with Crippen LogP contribution in [0.15, 0.2) is 12.1 Å². The van der Waals surface area contributed by atoms with Gasteiger partial charge in [-0.05, 0) is 12.1 Å². The van der Waals surface area contributed by atoms with Crippen molar-refractivity contribution in [1.29, 1.82) is 0 Å². The number of halogens is 4. The topological polar surface area (TPSA) is 43.1 Å². The van der Waals surface area contributed by atoms with Gasteiger partial charge in [0, 0.05) is 5.69 Å². The minimum absolute atomic E-state index is 0.103. The molecule has 1 aromatic rings. The van der Waals surface area contributed by atoms with Crippen LogP contribution in [-0.4, -0.2) is 6.29 Å². The van der Waals surface area contributed by atoms with E-state index in [1.807, 2.05) is 0 Å². The van der Waals surface area contributed by atoms with Crippen LogP contribution < -0.4 is 5.73 Å². The molecule has 14 heavy (non-hydrogen) atoms. The van der Waals surface area contributed by atoms with Crippen LogP contribution in [0.25, 0.3) is 0 Å². The molecule has 0 aromatic heterocycles. The summed E-state index contributed by atoms with van der Waals surface area (Å²) < 4.78 is 49.2. The molecule has 0 saturated carbocycles. The molecule has 2 N–H and O–H groups in total. The highest BCUT2D eigenvalue weighted by Gasteiger charge is 2.33. The Balaban J connectivity index is 3.36. The number of hydrogen-bond donors (Lipinski definition) is 1. The highest BCUT2D eigenvalue weighted by atomic mass is 19.4. The van der Waals surface area contributed by atoms with Crippen molar-refractivity contribution in [3.05, 3.63) is 29.1 Å². The quantitative estimate of drug-likeness (QED) is 0.436. The van der Waals surface area contributed by atoms with Gasteiger partial charge in [-0.3, -0.25) is 4.79 Å². The molecule has 0 radical (unpaired) electrons. The lowest BCUT2D eigenvalue weighted by Gasteiger charge is -2.10. The maximum atomic E-state index is 12.8. The second-order valence-corrected chi connectivity index (χ2v) is 2.58. The first-order valence-corrected chi connectivity index (χ1v) is 3.47. The highest BCUT2D eigenvalue weighted by molar-refractivity contribution is 5.78. The van der Waals surface area contributed by atoms with E-state index in [-0.39, 0.29) is 12.4 Å². The molecule has 0 fully saturated rings. The Hall–Kier alpha value is -1.59. The van der Waals surface area contributed by atoms with Crippen molar-refractivity contribution in [3.63, 3.8) is 0 Å². The zero-order valence-electron chi connectivity index (χ0n) is 6.73. The zero-order chi connectivity index (χ0) is 10.9. The fourth-order valence-corrected chi connectivity index (χ4v) is 0.943. The van der Waals surface area contributed by atoms with Gasteiger partial charge in [-0.1, -0.05) is 0 Å². The van der Waals surface area contributed by atoms with Crippen LogP contribution in [0.1, 0.15) is 15.9 Å². The van der Waals surface area contributed by atoms with Crippen LogP contribution in [0.4, 0.5) is 23.2 Å². The largest absolute Gasteiger partial charge is 0.418 e. The fraction of sp³-hybridized carbons (Fsp3) is 0.125. The maximum Gasteiger partial charge on any atom is 0.418 e. The number of rotatable bonds is 1. The SMILES string of the molecule is Nc1cc(C=O)c(F)cc1C(F)(F)F. The second kappa shape index (κ2) is 3.28. The number of alkyl halides is 3. The van der Waals surface area contributed by atoms with Gasteiger partial charge in [0.25, 0.3) is 0 Å². The predicted octanol–water partition coefficient (Wildman–Crippen LogP) is 2.24. The number of benzene rings is 1. The van der Waals surface area contributed by atoms with E-state index in [9.17, 15) is 22.4 Å². The number of carbonyl (C=O) groups excluding carboxylic acids is 1. The molecule has 2 nitrogen and oxygen atoms in total. The molecule has 0 bridgehead atoms. The van der Waals surface area contributed by atoms with Crippen molar-refractivity contribution < 1.29 is 22.4 Å². The molecule has 0 saturated heterocycles. The molecule has 76 valence electrons. The molecule has 0 aliphatic heterocycles. The van der Waals surface area contributed by atoms with Crippen LogP contribution >= 0.6 is 0 Å². The summed E-state index contributed by atoms with van der Waals surface area (Å²) in [6, 6.07) is 0.865. The average Bonchev–Trinajstić information content (AvgIpc) is 2.06. The van der Waals surface area contributed by atoms with Crippen LogP contribution in [-0.2, 0) is 6.18 Å². The van der Waals surface area contributed by atoms with Gasteiger partial charge in [0.15, 0.2) is 6.29 Å². The Morgan fingerprint density at radius 3 is 2.29 bits per heavy atom. The Bertz CT molecular complexity index is 372. The minimum atomic E-state index is -4.72. The van der Waals surface area contributed by atoms with E-state index in [0.717, 1.165) is 0 Å². The summed E-state index contributed by atoms with van der Waals surface area (Å²) in [4.78, 5) is 10.2. The molecule has 0 spiro atoms. The highest BCUT2D eigenvalue weighted by Crippen LogP contribution is 2.34. The summed E-state index contributed by atoms with van der Waals surface area (Å²) >= 11 is 0.